The van der Waals surface area contributed by atoms with Crippen molar-refractivity contribution >= 4 is 23.4 Å². The molecule has 2 N–H and O–H groups in total. The first-order valence-corrected chi connectivity index (χ1v) is 12.0. The van der Waals surface area contributed by atoms with Gasteiger partial charge in [0.25, 0.3) is 5.91 Å². The fourth-order valence-electron chi connectivity index (χ4n) is 4.46. The number of halogens is 1. The molecule has 0 aliphatic carbocycles. The Bertz CT molecular complexity index is 1410. The third-order valence-corrected chi connectivity index (χ3v) is 6.01. The molecule has 0 aliphatic rings. The van der Waals surface area contributed by atoms with Crippen LogP contribution < -0.4 is 15.5 Å². The zero-order valence-corrected chi connectivity index (χ0v) is 21.3. The summed E-state index contributed by atoms with van der Waals surface area (Å²) in [7, 11) is 0. The molecule has 0 saturated carbocycles. The highest BCUT2D eigenvalue weighted by molar-refractivity contribution is 6.05. The largest absolute Gasteiger partial charge is 0.467 e. The average molecular weight is 518 g/mol. The third-order valence-electron chi connectivity index (χ3n) is 6.01. The minimum absolute atomic E-state index is 0.00883. The van der Waals surface area contributed by atoms with Crippen molar-refractivity contribution in [1.82, 2.24) is 10.6 Å². The molecule has 0 bridgehead atoms. The van der Waals surface area contributed by atoms with E-state index >= 15 is 4.39 Å². The van der Waals surface area contributed by atoms with Crippen molar-refractivity contribution in [1.29, 1.82) is 0 Å². The number of carbonyl (C=O) groups excluding carboxylic acids is 3. The number of anilines is 1. The second-order valence-corrected chi connectivity index (χ2v) is 8.89. The van der Waals surface area contributed by atoms with Crippen molar-refractivity contribution in [2.75, 3.05) is 11.4 Å². The highest BCUT2D eigenvalue weighted by atomic mass is 19.1. The van der Waals surface area contributed by atoms with Gasteiger partial charge in [0.2, 0.25) is 11.8 Å². The van der Waals surface area contributed by atoms with Crippen LogP contribution in [0.1, 0.15) is 44.6 Å². The number of furan rings is 2. The van der Waals surface area contributed by atoms with E-state index in [0.717, 1.165) is 5.56 Å². The molecule has 0 radical (unpaired) electrons. The van der Waals surface area contributed by atoms with Gasteiger partial charge < -0.3 is 19.5 Å². The van der Waals surface area contributed by atoms with Gasteiger partial charge in [-0.25, -0.2) is 4.39 Å². The molecule has 3 amide bonds. The van der Waals surface area contributed by atoms with E-state index in [9.17, 15) is 14.4 Å². The molecule has 0 spiro atoms. The molecule has 196 valence electrons. The van der Waals surface area contributed by atoms with Crippen LogP contribution in [0.5, 0.6) is 0 Å². The molecular weight excluding hydrogens is 489 g/mol. The Kier molecular flexibility index (Phi) is 8.06. The lowest BCUT2D eigenvalue weighted by atomic mass is 9.98. The van der Waals surface area contributed by atoms with Crippen LogP contribution in [0.25, 0.3) is 0 Å². The van der Waals surface area contributed by atoms with Gasteiger partial charge in [-0.05, 0) is 62.2 Å². The van der Waals surface area contributed by atoms with Gasteiger partial charge in [-0.15, -0.1) is 0 Å². The molecule has 1 atom stereocenters. The summed E-state index contributed by atoms with van der Waals surface area (Å²) in [6, 6.07) is 14.6. The molecule has 4 rings (SSSR count). The minimum Gasteiger partial charge on any atom is -0.467 e. The van der Waals surface area contributed by atoms with Crippen molar-refractivity contribution in [3.63, 3.8) is 0 Å². The van der Waals surface area contributed by atoms with Crippen molar-refractivity contribution in [2.24, 2.45) is 0 Å². The molecule has 2 aromatic heterocycles. The van der Waals surface area contributed by atoms with E-state index < -0.39 is 36.1 Å². The van der Waals surface area contributed by atoms with Crippen molar-refractivity contribution in [3.8, 4) is 0 Å². The SMILES string of the molecule is Cc1cc(C)c(N(C(=O)CNC(=O)c2ccco2)[C@H](C(=O)NCc2ccco2)c2ccccc2F)c(C)c1. The fourth-order valence-corrected chi connectivity index (χ4v) is 4.46. The Hall–Kier alpha value is -4.66. The molecule has 0 fully saturated rings. The molecule has 0 saturated heterocycles. The van der Waals surface area contributed by atoms with Gasteiger partial charge >= 0.3 is 0 Å². The maximum absolute atomic E-state index is 15.2. The molecule has 9 heteroatoms. The molecule has 2 heterocycles. The quantitative estimate of drug-likeness (QED) is 0.333. The van der Waals surface area contributed by atoms with Crippen LogP contribution in [-0.2, 0) is 16.1 Å². The van der Waals surface area contributed by atoms with Gasteiger partial charge in [-0.2, -0.15) is 0 Å². The summed E-state index contributed by atoms with van der Waals surface area (Å²) in [5, 5.41) is 5.29. The molecule has 38 heavy (non-hydrogen) atoms. The van der Waals surface area contributed by atoms with Gasteiger partial charge in [-0.3, -0.25) is 19.3 Å². The van der Waals surface area contributed by atoms with Crippen LogP contribution in [-0.4, -0.2) is 24.3 Å². The van der Waals surface area contributed by atoms with E-state index in [1.807, 2.05) is 32.9 Å². The summed E-state index contributed by atoms with van der Waals surface area (Å²) in [6.07, 6.45) is 2.83. The summed E-state index contributed by atoms with van der Waals surface area (Å²) in [5.41, 5.74) is 2.86. The van der Waals surface area contributed by atoms with Gasteiger partial charge in [0, 0.05) is 5.56 Å². The van der Waals surface area contributed by atoms with Crippen LogP contribution >= 0.6 is 0 Å². The third kappa shape index (κ3) is 5.83. The maximum atomic E-state index is 15.2. The first-order valence-electron chi connectivity index (χ1n) is 12.0. The van der Waals surface area contributed by atoms with E-state index in [4.69, 9.17) is 8.83 Å². The molecular formula is C29H28FN3O5. The van der Waals surface area contributed by atoms with Gasteiger partial charge in [0.15, 0.2) is 5.76 Å². The van der Waals surface area contributed by atoms with Gasteiger partial charge in [0.05, 0.1) is 31.3 Å². The van der Waals surface area contributed by atoms with E-state index in [-0.39, 0.29) is 17.9 Å². The smallest absolute Gasteiger partial charge is 0.287 e. The monoisotopic (exact) mass is 517 g/mol. The first-order chi connectivity index (χ1) is 18.3. The zero-order chi connectivity index (χ0) is 27.2. The number of nitrogens with one attached hydrogen (secondary N) is 2. The highest BCUT2D eigenvalue weighted by Crippen LogP contribution is 2.35. The number of rotatable bonds is 9. The van der Waals surface area contributed by atoms with Crippen LogP contribution in [0.2, 0.25) is 0 Å². The number of carbonyl (C=O) groups is 3. The summed E-state index contributed by atoms with van der Waals surface area (Å²) >= 11 is 0. The number of hydrogen-bond donors (Lipinski definition) is 2. The molecule has 4 aromatic rings. The number of hydrogen-bond acceptors (Lipinski definition) is 5. The lowest BCUT2D eigenvalue weighted by Crippen LogP contribution is -2.48. The first kappa shape index (κ1) is 26.4. The van der Waals surface area contributed by atoms with E-state index in [0.29, 0.717) is 22.6 Å². The van der Waals surface area contributed by atoms with Crippen LogP contribution in [0, 0.1) is 26.6 Å². The van der Waals surface area contributed by atoms with Crippen LogP contribution in [0.4, 0.5) is 10.1 Å². The van der Waals surface area contributed by atoms with E-state index in [1.165, 1.54) is 41.7 Å². The van der Waals surface area contributed by atoms with E-state index in [2.05, 4.69) is 10.6 Å². The Balaban J connectivity index is 1.77. The molecule has 8 nitrogen and oxygen atoms in total. The molecule has 2 aromatic carbocycles. The standard InChI is InChI=1S/C29H28FN3O5/c1-18-14-19(2)26(20(3)15-18)33(25(34)17-32-28(35)24-11-7-13-38-24)27(22-9-4-5-10-23(22)30)29(36)31-16-21-8-6-12-37-21/h4-15,27H,16-17H2,1-3H3,(H,31,36)(H,32,35)/t27-/m0/s1. The van der Waals surface area contributed by atoms with Crippen LogP contribution in [0.15, 0.2) is 82.0 Å². The predicted octanol–water partition coefficient (Wildman–Crippen LogP) is 4.76. The number of nitrogens with zero attached hydrogens (tertiary/aromatic N) is 1. The number of benzene rings is 2. The predicted molar refractivity (Wildman–Crippen MR) is 139 cm³/mol. The van der Waals surface area contributed by atoms with E-state index in [1.54, 1.807) is 24.3 Å². The van der Waals surface area contributed by atoms with Crippen molar-refractivity contribution < 1.29 is 27.6 Å². The normalized spacial score (nSPS) is 11.6. The number of amides is 3. The van der Waals surface area contributed by atoms with Gasteiger partial charge in [0.1, 0.15) is 17.6 Å². The Morgan fingerprint density at radius 1 is 0.895 bits per heavy atom. The molecule has 0 aliphatic heterocycles. The summed E-state index contributed by atoms with van der Waals surface area (Å²) < 4.78 is 25.6. The van der Waals surface area contributed by atoms with Crippen LogP contribution in [0.3, 0.4) is 0 Å². The van der Waals surface area contributed by atoms with Crippen molar-refractivity contribution in [2.45, 2.75) is 33.4 Å². The highest BCUT2D eigenvalue weighted by Gasteiger charge is 2.36. The second kappa shape index (κ2) is 11.6. The maximum Gasteiger partial charge on any atom is 0.287 e. The summed E-state index contributed by atoms with van der Waals surface area (Å²) in [6.45, 7) is 5.14. The Morgan fingerprint density at radius 3 is 2.21 bits per heavy atom. The Labute approximate surface area is 219 Å². The lowest BCUT2D eigenvalue weighted by molar-refractivity contribution is -0.126. The average Bonchev–Trinajstić information content (AvgIpc) is 3.60. The Morgan fingerprint density at radius 2 is 1.58 bits per heavy atom. The second-order valence-electron chi connectivity index (χ2n) is 8.89. The van der Waals surface area contributed by atoms with Gasteiger partial charge in [-0.1, -0.05) is 35.9 Å². The molecule has 0 unspecified atom stereocenters. The summed E-state index contributed by atoms with van der Waals surface area (Å²) in [4.78, 5) is 41.3. The van der Waals surface area contributed by atoms with Crippen molar-refractivity contribution in [3.05, 3.63) is 113 Å². The minimum atomic E-state index is -1.38. The zero-order valence-electron chi connectivity index (χ0n) is 21.3. The fraction of sp³-hybridized carbons (Fsp3) is 0.207. The lowest BCUT2D eigenvalue weighted by Gasteiger charge is -2.34. The number of aryl methyl sites for hydroxylation is 3. The topological polar surface area (TPSA) is 105 Å². The summed E-state index contributed by atoms with van der Waals surface area (Å²) in [5.74, 6) is -1.93.